The zero-order valence-electron chi connectivity index (χ0n) is 5.10. The molecule has 50 valence electrons. The molecule has 1 aromatic rings. The summed E-state index contributed by atoms with van der Waals surface area (Å²) in [7, 11) is 0. The smallest absolute Gasteiger partial charge is 0.0435 e. The topological polar surface area (TPSA) is 0 Å². The molecule has 0 aliphatic heterocycles. The molecule has 0 fully saturated rings. The fraction of sp³-hybridized carbons (Fsp3) is 0.143. The number of aryl methyl sites for hydroxylation is 1. The zero-order chi connectivity index (χ0) is 5.98. The van der Waals surface area contributed by atoms with Gasteiger partial charge >= 0.3 is 0 Å². The molecule has 0 unspecified atom stereocenters. The standard InChI is InChI=1S/C7H7Cl.BrH/c1-6-4-2-3-5-7(6)8;/h2-5H,1H3;1H. The largest absolute Gasteiger partial charge is 0.114 e. The van der Waals surface area contributed by atoms with Gasteiger partial charge in [-0.3, -0.25) is 0 Å². The van der Waals surface area contributed by atoms with Crippen LogP contribution in [0.5, 0.6) is 0 Å². The summed E-state index contributed by atoms with van der Waals surface area (Å²) in [6.07, 6.45) is 0. The first-order valence-corrected chi connectivity index (χ1v) is 2.89. The zero-order valence-corrected chi connectivity index (χ0v) is 7.56. The molecule has 0 N–H and O–H groups in total. The normalized spacial score (nSPS) is 8.22. The summed E-state index contributed by atoms with van der Waals surface area (Å²) in [5.74, 6) is 0. The van der Waals surface area contributed by atoms with E-state index in [-0.39, 0.29) is 17.0 Å². The van der Waals surface area contributed by atoms with Crippen LogP contribution in [0.25, 0.3) is 0 Å². The molecule has 1 aromatic carbocycles. The molecular formula is C7H8BrCl. The van der Waals surface area contributed by atoms with Crippen molar-refractivity contribution in [1.82, 2.24) is 0 Å². The maximum atomic E-state index is 5.71. The van der Waals surface area contributed by atoms with E-state index in [1.165, 1.54) is 0 Å². The number of halogens is 2. The third-order valence-electron chi connectivity index (χ3n) is 1.08. The number of benzene rings is 1. The number of hydrogen-bond acceptors (Lipinski definition) is 0. The quantitative estimate of drug-likeness (QED) is 0.613. The molecule has 0 aliphatic rings. The molecule has 2 heteroatoms. The van der Waals surface area contributed by atoms with Gasteiger partial charge < -0.3 is 0 Å². The summed E-state index contributed by atoms with van der Waals surface area (Å²) in [6.45, 7) is 1.99. The summed E-state index contributed by atoms with van der Waals surface area (Å²) in [5.41, 5.74) is 1.13. The van der Waals surface area contributed by atoms with Crippen LogP contribution in [0.4, 0.5) is 0 Å². The lowest BCUT2D eigenvalue weighted by molar-refractivity contribution is 1.47. The minimum absolute atomic E-state index is 0. The molecule has 0 radical (unpaired) electrons. The lowest BCUT2D eigenvalue weighted by Crippen LogP contribution is -1.68. The molecule has 0 saturated heterocycles. The highest BCUT2D eigenvalue weighted by atomic mass is 79.9. The molecule has 0 saturated carbocycles. The Morgan fingerprint density at radius 1 is 1.22 bits per heavy atom. The lowest BCUT2D eigenvalue weighted by atomic mass is 10.2. The van der Waals surface area contributed by atoms with Crippen LogP contribution in [-0.4, -0.2) is 0 Å². The van der Waals surface area contributed by atoms with Gasteiger partial charge in [0.1, 0.15) is 0 Å². The maximum Gasteiger partial charge on any atom is 0.0435 e. The summed E-state index contributed by atoms with van der Waals surface area (Å²) in [6, 6.07) is 7.77. The Morgan fingerprint density at radius 2 is 1.78 bits per heavy atom. The van der Waals surface area contributed by atoms with Crippen molar-refractivity contribution >= 4 is 28.6 Å². The van der Waals surface area contributed by atoms with Gasteiger partial charge in [0.25, 0.3) is 0 Å². The molecule has 1 rings (SSSR count). The Kier molecular flexibility index (Phi) is 3.91. The molecule has 0 spiro atoms. The third kappa shape index (κ3) is 2.37. The maximum absolute atomic E-state index is 5.71. The molecule has 0 aromatic heterocycles. The average molecular weight is 207 g/mol. The van der Waals surface area contributed by atoms with Crippen LogP contribution in [0.15, 0.2) is 24.3 Å². The Balaban J connectivity index is 0.000000640. The molecular weight excluding hydrogens is 199 g/mol. The first-order valence-electron chi connectivity index (χ1n) is 2.52. The van der Waals surface area contributed by atoms with Crippen molar-refractivity contribution < 1.29 is 0 Å². The van der Waals surface area contributed by atoms with Gasteiger partial charge in [-0.2, -0.15) is 0 Å². The second kappa shape index (κ2) is 3.91. The third-order valence-corrected chi connectivity index (χ3v) is 1.50. The Labute approximate surface area is 70.6 Å². The summed E-state index contributed by atoms with van der Waals surface area (Å²) >= 11 is 5.71. The van der Waals surface area contributed by atoms with Crippen LogP contribution in [0.1, 0.15) is 5.56 Å². The summed E-state index contributed by atoms with van der Waals surface area (Å²) < 4.78 is 0. The van der Waals surface area contributed by atoms with Crippen LogP contribution in [0.3, 0.4) is 0 Å². The fourth-order valence-corrected chi connectivity index (χ4v) is 0.687. The van der Waals surface area contributed by atoms with Gasteiger partial charge in [-0.05, 0) is 18.6 Å². The van der Waals surface area contributed by atoms with Crippen molar-refractivity contribution in [2.75, 3.05) is 0 Å². The highest BCUT2D eigenvalue weighted by molar-refractivity contribution is 8.93. The van der Waals surface area contributed by atoms with Gasteiger partial charge in [0, 0.05) is 5.02 Å². The van der Waals surface area contributed by atoms with Crippen LogP contribution < -0.4 is 0 Å². The monoisotopic (exact) mass is 206 g/mol. The van der Waals surface area contributed by atoms with E-state index < -0.39 is 0 Å². The van der Waals surface area contributed by atoms with Gasteiger partial charge in [0.15, 0.2) is 0 Å². The van der Waals surface area contributed by atoms with E-state index in [0.29, 0.717) is 0 Å². The second-order valence-electron chi connectivity index (χ2n) is 1.75. The number of rotatable bonds is 0. The van der Waals surface area contributed by atoms with E-state index in [9.17, 15) is 0 Å². The Morgan fingerprint density at radius 3 is 2.11 bits per heavy atom. The van der Waals surface area contributed by atoms with E-state index in [4.69, 9.17) is 11.6 Å². The Hall–Kier alpha value is -0.0100. The average Bonchev–Trinajstić information content (AvgIpc) is 1.77. The summed E-state index contributed by atoms with van der Waals surface area (Å²) in [4.78, 5) is 0. The SMILES string of the molecule is Br.Cc1ccccc1Cl. The Bertz CT molecular complexity index is 165. The van der Waals surface area contributed by atoms with Crippen molar-refractivity contribution in [3.05, 3.63) is 34.9 Å². The fourth-order valence-electron chi connectivity index (χ4n) is 0.551. The molecule has 0 heterocycles. The predicted octanol–water partition coefficient (Wildman–Crippen LogP) is 3.23. The van der Waals surface area contributed by atoms with Gasteiger partial charge in [-0.25, -0.2) is 0 Å². The molecule has 9 heavy (non-hydrogen) atoms. The molecule has 0 atom stereocenters. The summed E-state index contributed by atoms with van der Waals surface area (Å²) in [5, 5.41) is 0.840. The molecule has 0 amide bonds. The predicted molar refractivity (Wildman–Crippen MR) is 46.5 cm³/mol. The van der Waals surface area contributed by atoms with Gasteiger partial charge in [0.05, 0.1) is 0 Å². The van der Waals surface area contributed by atoms with Crippen molar-refractivity contribution in [2.45, 2.75) is 6.92 Å². The minimum Gasteiger partial charge on any atom is -0.114 e. The van der Waals surface area contributed by atoms with E-state index in [1.807, 2.05) is 31.2 Å². The van der Waals surface area contributed by atoms with E-state index in [1.54, 1.807) is 0 Å². The number of hydrogen-bond donors (Lipinski definition) is 0. The molecule has 0 bridgehead atoms. The van der Waals surface area contributed by atoms with E-state index in [2.05, 4.69) is 0 Å². The van der Waals surface area contributed by atoms with Crippen LogP contribution >= 0.6 is 28.6 Å². The van der Waals surface area contributed by atoms with Crippen molar-refractivity contribution in [3.63, 3.8) is 0 Å². The van der Waals surface area contributed by atoms with Crippen molar-refractivity contribution in [3.8, 4) is 0 Å². The molecule has 0 aliphatic carbocycles. The first kappa shape index (κ1) is 8.99. The van der Waals surface area contributed by atoms with E-state index >= 15 is 0 Å². The first-order chi connectivity index (χ1) is 3.80. The lowest BCUT2D eigenvalue weighted by Gasteiger charge is -1.90. The highest BCUT2D eigenvalue weighted by Crippen LogP contribution is 2.11. The van der Waals surface area contributed by atoms with E-state index in [0.717, 1.165) is 10.6 Å². The van der Waals surface area contributed by atoms with Crippen molar-refractivity contribution in [2.24, 2.45) is 0 Å². The van der Waals surface area contributed by atoms with Crippen LogP contribution in [-0.2, 0) is 0 Å². The van der Waals surface area contributed by atoms with Gasteiger partial charge in [-0.15, -0.1) is 17.0 Å². The minimum atomic E-state index is 0. The van der Waals surface area contributed by atoms with Crippen molar-refractivity contribution in [1.29, 1.82) is 0 Å². The van der Waals surface area contributed by atoms with Crippen LogP contribution in [0, 0.1) is 6.92 Å². The second-order valence-corrected chi connectivity index (χ2v) is 2.16. The highest BCUT2D eigenvalue weighted by Gasteiger charge is 1.86. The molecule has 0 nitrogen and oxygen atoms in total. The van der Waals surface area contributed by atoms with Crippen LogP contribution in [0.2, 0.25) is 5.02 Å². The van der Waals surface area contributed by atoms with Gasteiger partial charge in [0.2, 0.25) is 0 Å². The van der Waals surface area contributed by atoms with Gasteiger partial charge in [-0.1, -0.05) is 29.8 Å².